The number of benzene rings is 4. The Bertz CT molecular complexity index is 2180. The summed E-state index contributed by atoms with van der Waals surface area (Å²) in [5, 5.41) is 63.7. The van der Waals surface area contributed by atoms with E-state index in [2.05, 4.69) is 55.6 Å². The van der Waals surface area contributed by atoms with Gasteiger partial charge in [-0.25, -0.2) is 9.36 Å². The number of hydrogen-bond acceptors (Lipinski definition) is 8. The van der Waals surface area contributed by atoms with Crippen LogP contribution < -0.4 is 5.32 Å². The summed E-state index contributed by atoms with van der Waals surface area (Å²) in [4.78, 5) is 0. The third kappa shape index (κ3) is 8.35. The molecule has 1 aliphatic heterocycles. The summed E-state index contributed by atoms with van der Waals surface area (Å²) in [5.41, 5.74) is 9.25. The molecular weight excluding hydrogens is 691 g/mol. The van der Waals surface area contributed by atoms with E-state index in [-0.39, 0.29) is 19.3 Å². The van der Waals surface area contributed by atoms with Crippen molar-refractivity contribution in [1.29, 1.82) is 0 Å². The van der Waals surface area contributed by atoms with Crippen LogP contribution in [0.15, 0.2) is 109 Å². The lowest BCUT2D eigenvalue weighted by Crippen LogP contribution is -2.40. The molecule has 2 aliphatic rings. The molecule has 1 saturated carbocycles. The number of aromatic nitrogens is 4. The van der Waals surface area contributed by atoms with Crippen LogP contribution in [-0.2, 0) is 24.4 Å². The Morgan fingerprint density at radius 1 is 0.636 bits per heavy atom. The second-order valence-corrected chi connectivity index (χ2v) is 15.0. The molecular formula is C45H51N5O5. The summed E-state index contributed by atoms with van der Waals surface area (Å²) in [5.74, 6) is 0. The first-order chi connectivity index (χ1) is 26.6. The Morgan fingerprint density at radius 2 is 1.13 bits per heavy atom. The van der Waals surface area contributed by atoms with E-state index >= 15 is 0 Å². The van der Waals surface area contributed by atoms with Crippen LogP contribution in [0, 0.1) is 13.8 Å². The van der Waals surface area contributed by atoms with Crippen molar-refractivity contribution < 1.29 is 25.5 Å². The lowest BCUT2D eigenvalue weighted by atomic mass is 9.81. The number of rotatable bonds is 8. The average Bonchev–Trinajstić information content (AvgIpc) is 3.88. The third-order valence-corrected chi connectivity index (χ3v) is 11.1. The van der Waals surface area contributed by atoms with Gasteiger partial charge in [0.05, 0.1) is 53.5 Å². The Hall–Kier alpha value is -4.94. The van der Waals surface area contributed by atoms with Crippen LogP contribution in [0.25, 0.3) is 33.9 Å². The van der Waals surface area contributed by atoms with Crippen molar-refractivity contribution in [3.8, 4) is 33.9 Å². The second-order valence-electron chi connectivity index (χ2n) is 15.0. The lowest BCUT2D eigenvalue weighted by Gasteiger charge is -2.32. The van der Waals surface area contributed by atoms with Crippen LogP contribution in [0.3, 0.4) is 0 Å². The summed E-state index contributed by atoms with van der Waals surface area (Å²) >= 11 is 0. The number of aliphatic hydroxyl groups excluding tert-OH is 3. The van der Waals surface area contributed by atoms with Crippen molar-refractivity contribution in [3.63, 3.8) is 0 Å². The molecule has 10 heteroatoms. The van der Waals surface area contributed by atoms with E-state index in [1.54, 1.807) is 0 Å². The topological polar surface area (TPSA) is 149 Å². The van der Waals surface area contributed by atoms with Gasteiger partial charge in [-0.15, -0.1) is 0 Å². The molecule has 55 heavy (non-hydrogen) atoms. The summed E-state index contributed by atoms with van der Waals surface area (Å²) in [6.07, 6.45) is 3.12. The number of piperidine rings is 1. The zero-order chi connectivity index (χ0) is 38.6. The molecule has 4 aromatic carbocycles. The smallest absolute Gasteiger partial charge is 0.111 e. The monoisotopic (exact) mass is 741 g/mol. The fourth-order valence-electron chi connectivity index (χ4n) is 7.51. The molecule has 0 amide bonds. The van der Waals surface area contributed by atoms with E-state index in [1.165, 1.54) is 5.56 Å². The highest BCUT2D eigenvalue weighted by molar-refractivity contribution is 5.67. The zero-order valence-corrected chi connectivity index (χ0v) is 31.6. The quantitative estimate of drug-likeness (QED) is 0.105. The number of nitrogens with zero attached hydrogens (tertiary/aromatic N) is 4. The third-order valence-electron chi connectivity index (χ3n) is 11.1. The largest absolute Gasteiger partial charge is 0.393 e. The minimum Gasteiger partial charge on any atom is -0.393 e. The minimum absolute atomic E-state index is 0.00261. The second kappa shape index (κ2) is 16.4. The number of aliphatic hydroxyl groups is 5. The van der Waals surface area contributed by atoms with Crippen molar-refractivity contribution in [3.05, 3.63) is 143 Å². The molecule has 0 radical (unpaired) electrons. The molecule has 2 fully saturated rings. The van der Waals surface area contributed by atoms with Gasteiger partial charge in [0, 0.05) is 11.1 Å². The van der Waals surface area contributed by atoms with Crippen LogP contribution in [0.4, 0.5) is 0 Å². The van der Waals surface area contributed by atoms with Crippen molar-refractivity contribution in [2.24, 2.45) is 0 Å². The molecule has 1 saturated heterocycles. The van der Waals surface area contributed by atoms with Gasteiger partial charge in [0.1, 0.15) is 11.2 Å². The SMILES string of the molecule is Cc1ccc(-c2cc(C3(O)CCNCC3)nn2-c2ccc(CO)cc2)cc1.Cc1ccccc1-c1cc(C2(O)CCC(O)CC2)nn1-c1ccc(CO)cc1. The van der Waals surface area contributed by atoms with E-state index in [4.69, 9.17) is 10.2 Å². The van der Waals surface area contributed by atoms with Gasteiger partial charge in [0.2, 0.25) is 0 Å². The van der Waals surface area contributed by atoms with Crippen LogP contribution >= 0.6 is 0 Å². The average molecular weight is 742 g/mol. The van der Waals surface area contributed by atoms with Crippen molar-refractivity contribution >= 4 is 0 Å². The Morgan fingerprint density at radius 3 is 1.65 bits per heavy atom. The van der Waals surface area contributed by atoms with Gasteiger partial charge in [-0.05, 0) is 119 Å². The molecule has 0 bridgehead atoms. The normalized spacial score (nSPS) is 19.4. The van der Waals surface area contributed by atoms with E-state index in [0.717, 1.165) is 63.7 Å². The molecule has 286 valence electrons. The Labute approximate surface area is 322 Å². The van der Waals surface area contributed by atoms with Crippen molar-refractivity contribution in [1.82, 2.24) is 24.9 Å². The highest BCUT2D eigenvalue weighted by Gasteiger charge is 2.38. The number of hydrogen-bond donors (Lipinski definition) is 6. The zero-order valence-electron chi connectivity index (χ0n) is 31.6. The number of aryl methyl sites for hydroxylation is 2. The predicted octanol–water partition coefficient (Wildman–Crippen LogP) is 6.37. The van der Waals surface area contributed by atoms with E-state index in [9.17, 15) is 25.5 Å². The lowest BCUT2D eigenvalue weighted by molar-refractivity contribution is -0.0393. The maximum atomic E-state index is 11.2. The standard InChI is InChI=1S/C23H26N2O3.C22H25N3O2/c1-16-4-2-3-5-20(16)21-14-22(23(28)12-10-19(27)11-13-23)24-25(21)18-8-6-17(15-26)7-9-18;1-16-2-6-18(7-3-16)20-14-21(22(27)10-12-23-13-11-22)24-25(20)19-8-4-17(15-26)5-9-19/h2-9,14,19,26-28H,10-13,15H2,1H3;2-9,14,23,26-27H,10-13,15H2,1H3. The predicted molar refractivity (Wildman–Crippen MR) is 214 cm³/mol. The van der Waals surface area contributed by atoms with E-state index in [1.807, 2.05) is 82.2 Å². The van der Waals surface area contributed by atoms with Gasteiger partial charge in [-0.1, -0.05) is 78.4 Å². The first-order valence-electron chi connectivity index (χ1n) is 19.2. The van der Waals surface area contributed by atoms with Crippen molar-refractivity contribution in [2.45, 2.75) is 82.9 Å². The summed E-state index contributed by atoms with van der Waals surface area (Å²) in [6.45, 7) is 5.72. The van der Waals surface area contributed by atoms with Gasteiger partial charge in [0.15, 0.2) is 0 Å². The van der Waals surface area contributed by atoms with Crippen LogP contribution in [0.1, 0.15) is 72.2 Å². The first kappa shape index (κ1) is 38.3. The molecule has 6 N–H and O–H groups in total. The maximum Gasteiger partial charge on any atom is 0.111 e. The van der Waals surface area contributed by atoms with Crippen LogP contribution in [0.2, 0.25) is 0 Å². The van der Waals surface area contributed by atoms with E-state index in [0.29, 0.717) is 49.9 Å². The van der Waals surface area contributed by atoms with Gasteiger partial charge >= 0.3 is 0 Å². The fraction of sp³-hybridized carbons (Fsp3) is 0.333. The highest BCUT2D eigenvalue weighted by atomic mass is 16.3. The van der Waals surface area contributed by atoms with Crippen LogP contribution in [0.5, 0.6) is 0 Å². The molecule has 0 spiro atoms. The molecule has 0 unspecified atom stereocenters. The molecule has 6 aromatic rings. The van der Waals surface area contributed by atoms with Gasteiger partial charge < -0.3 is 30.8 Å². The Kier molecular flexibility index (Phi) is 11.4. The van der Waals surface area contributed by atoms with Crippen LogP contribution in [-0.4, -0.2) is 64.3 Å². The van der Waals surface area contributed by atoms with Gasteiger partial charge in [-0.3, -0.25) is 0 Å². The fourth-order valence-corrected chi connectivity index (χ4v) is 7.51. The number of nitrogens with one attached hydrogen (secondary N) is 1. The minimum atomic E-state index is -1.02. The maximum absolute atomic E-state index is 11.2. The summed E-state index contributed by atoms with van der Waals surface area (Å²) < 4.78 is 3.75. The molecule has 1 aliphatic carbocycles. The van der Waals surface area contributed by atoms with Gasteiger partial charge in [0.25, 0.3) is 0 Å². The molecule has 8 rings (SSSR count). The summed E-state index contributed by atoms with van der Waals surface area (Å²) in [7, 11) is 0. The first-order valence-corrected chi connectivity index (χ1v) is 19.2. The van der Waals surface area contributed by atoms with Crippen molar-refractivity contribution in [2.75, 3.05) is 13.1 Å². The molecule has 3 heterocycles. The molecule has 2 aromatic heterocycles. The molecule has 10 nitrogen and oxygen atoms in total. The summed E-state index contributed by atoms with van der Waals surface area (Å²) in [6, 6.07) is 35.8. The molecule has 0 atom stereocenters. The highest BCUT2D eigenvalue weighted by Crippen LogP contribution is 2.39. The van der Waals surface area contributed by atoms with E-state index < -0.39 is 11.2 Å². The van der Waals surface area contributed by atoms with Gasteiger partial charge in [-0.2, -0.15) is 10.2 Å². The Balaban J connectivity index is 0.000000169.